The van der Waals surface area contributed by atoms with Gasteiger partial charge in [0, 0.05) is 25.3 Å². The summed E-state index contributed by atoms with van der Waals surface area (Å²) in [4.78, 5) is 2.38. The topological polar surface area (TPSA) is 52.9 Å². The van der Waals surface area contributed by atoms with E-state index in [1.165, 1.54) is 6.42 Å². The van der Waals surface area contributed by atoms with Crippen LogP contribution in [0.2, 0.25) is 0 Å². The van der Waals surface area contributed by atoms with Crippen molar-refractivity contribution in [1.82, 2.24) is 4.90 Å². The number of benzene rings is 1. The Hall–Kier alpha value is -1.54. The molecular weight excluding hydrogens is 266 g/mol. The van der Waals surface area contributed by atoms with Crippen LogP contribution in [0.4, 0.5) is 0 Å². The number of nitrogens with zero attached hydrogens (tertiary/aromatic N) is 1. The van der Waals surface area contributed by atoms with E-state index < -0.39 is 0 Å². The van der Waals surface area contributed by atoms with E-state index in [-0.39, 0.29) is 13.2 Å². The van der Waals surface area contributed by atoms with Gasteiger partial charge in [-0.1, -0.05) is 17.9 Å². The lowest BCUT2D eigenvalue weighted by atomic mass is 10.1. The molecule has 1 aliphatic rings. The molecule has 1 atom stereocenters. The van der Waals surface area contributed by atoms with Gasteiger partial charge in [-0.15, -0.1) is 0 Å². The van der Waals surface area contributed by atoms with Crippen molar-refractivity contribution in [3.8, 4) is 17.6 Å². The molecule has 4 nitrogen and oxygen atoms in total. The zero-order valence-electron chi connectivity index (χ0n) is 12.3. The highest BCUT2D eigenvalue weighted by Crippen LogP contribution is 2.19. The maximum Gasteiger partial charge on any atom is 0.120 e. The summed E-state index contributed by atoms with van der Waals surface area (Å²) in [6, 6.07) is 7.61. The van der Waals surface area contributed by atoms with Gasteiger partial charge in [-0.3, -0.25) is 4.90 Å². The Kier molecular flexibility index (Phi) is 6.55. The Morgan fingerprint density at radius 3 is 3.05 bits per heavy atom. The maximum atomic E-state index is 8.96. The molecule has 1 saturated heterocycles. The van der Waals surface area contributed by atoms with Crippen molar-refractivity contribution < 1.29 is 14.9 Å². The highest BCUT2D eigenvalue weighted by molar-refractivity contribution is 5.39. The second kappa shape index (κ2) is 8.68. The molecule has 1 heterocycles. The van der Waals surface area contributed by atoms with E-state index in [2.05, 4.69) is 16.7 Å². The van der Waals surface area contributed by atoms with Crippen LogP contribution in [0.5, 0.6) is 5.75 Å². The van der Waals surface area contributed by atoms with Gasteiger partial charge in [-0.2, -0.15) is 0 Å². The smallest absolute Gasteiger partial charge is 0.120 e. The van der Waals surface area contributed by atoms with Crippen molar-refractivity contribution in [1.29, 1.82) is 0 Å². The molecule has 1 aromatic rings. The van der Waals surface area contributed by atoms with E-state index in [4.69, 9.17) is 14.9 Å². The van der Waals surface area contributed by atoms with E-state index in [1.807, 2.05) is 24.3 Å². The molecule has 0 aromatic heterocycles. The summed E-state index contributed by atoms with van der Waals surface area (Å²) in [7, 11) is 0. The van der Waals surface area contributed by atoms with Crippen molar-refractivity contribution in [3.05, 3.63) is 29.8 Å². The van der Waals surface area contributed by atoms with Crippen LogP contribution in [0.3, 0.4) is 0 Å². The Bertz CT molecular complexity index is 492. The minimum Gasteiger partial charge on any atom is -0.492 e. The van der Waals surface area contributed by atoms with Gasteiger partial charge in [0.15, 0.2) is 0 Å². The molecule has 1 aliphatic heterocycles. The van der Waals surface area contributed by atoms with E-state index >= 15 is 0 Å². The van der Waals surface area contributed by atoms with Crippen LogP contribution in [0.25, 0.3) is 0 Å². The first kappa shape index (κ1) is 15.8. The van der Waals surface area contributed by atoms with Crippen LogP contribution in [-0.2, 0) is 0 Å². The van der Waals surface area contributed by atoms with Gasteiger partial charge in [0.2, 0.25) is 0 Å². The Morgan fingerprint density at radius 1 is 1.33 bits per heavy atom. The zero-order valence-corrected chi connectivity index (χ0v) is 12.3. The molecule has 1 unspecified atom stereocenters. The first-order chi connectivity index (χ1) is 10.3. The van der Waals surface area contributed by atoms with E-state index in [0.29, 0.717) is 12.5 Å². The third-order valence-corrected chi connectivity index (χ3v) is 3.73. The number of likely N-dealkylation sites (tertiary alicyclic amines) is 1. The summed E-state index contributed by atoms with van der Waals surface area (Å²) in [5.74, 6) is 6.95. The van der Waals surface area contributed by atoms with Crippen LogP contribution in [0.15, 0.2) is 24.3 Å². The average Bonchev–Trinajstić information content (AvgIpc) is 2.94. The molecule has 4 heteroatoms. The van der Waals surface area contributed by atoms with E-state index in [9.17, 15) is 0 Å². The SMILES string of the molecule is OCC#Cc1cccc(OCCN2CCC(CCO)C2)c1. The summed E-state index contributed by atoms with van der Waals surface area (Å²) in [5, 5.41) is 17.6. The lowest BCUT2D eigenvalue weighted by Gasteiger charge is -2.16. The minimum absolute atomic E-state index is 0.130. The number of rotatable bonds is 6. The molecule has 0 saturated carbocycles. The lowest BCUT2D eigenvalue weighted by molar-refractivity contribution is 0.222. The molecule has 1 fully saturated rings. The molecular formula is C17H23NO3. The number of aliphatic hydroxyl groups is 2. The van der Waals surface area contributed by atoms with Crippen molar-refractivity contribution in [2.45, 2.75) is 12.8 Å². The van der Waals surface area contributed by atoms with Crippen LogP contribution in [0, 0.1) is 17.8 Å². The van der Waals surface area contributed by atoms with E-state index in [1.54, 1.807) is 0 Å². The fourth-order valence-electron chi connectivity index (χ4n) is 2.63. The third kappa shape index (κ3) is 5.39. The molecule has 0 radical (unpaired) electrons. The predicted octanol–water partition coefficient (Wildman–Crippen LogP) is 1.11. The maximum absolute atomic E-state index is 8.96. The summed E-state index contributed by atoms with van der Waals surface area (Å²) in [6.45, 7) is 3.88. The third-order valence-electron chi connectivity index (χ3n) is 3.73. The Balaban J connectivity index is 1.74. The van der Waals surface area contributed by atoms with Crippen LogP contribution < -0.4 is 4.74 Å². The molecule has 0 spiro atoms. The number of hydrogen-bond donors (Lipinski definition) is 2. The summed E-state index contributed by atoms with van der Waals surface area (Å²) >= 11 is 0. The fourth-order valence-corrected chi connectivity index (χ4v) is 2.63. The average molecular weight is 289 g/mol. The second-order valence-electron chi connectivity index (χ2n) is 5.30. The summed E-state index contributed by atoms with van der Waals surface area (Å²) in [6.07, 6.45) is 2.08. The highest BCUT2D eigenvalue weighted by atomic mass is 16.5. The summed E-state index contributed by atoms with van der Waals surface area (Å²) < 4.78 is 5.76. The number of hydrogen-bond acceptors (Lipinski definition) is 4. The lowest BCUT2D eigenvalue weighted by Crippen LogP contribution is -2.26. The van der Waals surface area contributed by atoms with Gasteiger partial charge in [0.25, 0.3) is 0 Å². The monoisotopic (exact) mass is 289 g/mol. The van der Waals surface area contributed by atoms with Crippen LogP contribution in [-0.4, -0.2) is 54.6 Å². The number of aliphatic hydroxyl groups excluding tert-OH is 2. The van der Waals surface area contributed by atoms with Gasteiger partial charge in [0.05, 0.1) is 0 Å². The molecule has 0 aliphatic carbocycles. The molecule has 0 bridgehead atoms. The molecule has 1 aromatic carbocycles. The van der Waals surface area contributed by atoms with Gasteiger partial charge in [-0.05, 0) is 43.5 Å². The van der Waals surface area contributed by atoms with Gasteiger partial charge < -0.3 is 14.9 Å². The van der Waals surface area contributed by atoms with Crippen LogP contribution >= 0.6 is 0 Å². The van der Waals surface area contributed by atoms with Gasteiger partial charge in [0.1, 0.15) is 19.0 Å². The van der Waals surface area contributed by atoms with Gasteiger partial charge >= 0.3 is 0 Å². The Labute approximate surface area is 126 Å². The molecule has 2 N–H and O–H groups in total. The van der Waals surface area contributed by atoms with Crippen molar-refractivity contribution in [3.63, 3.8) is 0 Å². The van der Waals surface area contributed by atoms with Crippen molar-refractivity contribution in [2.24, 2.45) is 5.92 Å². The second-order valence-corrected chi connectivity index (χ2v) is 5.30. The van der Waals surface area contributed by atoms with Crippen molar-refractivity contribution >= 4 is 0 Å². The normalized spacial score (nSPS) is 18.3. The Morgan fingerprint density at radius 2 is 2.24 bits per heavy atom. The van der Waals surface area contributed by atoms with E-state index in [0.717, 1.165) is 37.4 Å². The first-order valence-electron chi connectivity index (χ1n) is 7.47. The zero-order chi connectivity index (χ0) is 14.9. The summed E-state index contributed by atoms with van der Waals surface area (Å²) in [5.41, 5.74) is 0.853. The molecule has 2 rings (SSSR count). The van der Waals surface area contributed by atoms with Crippen molar-refractivity contribution in [2.75, 3.05) is 39.5 Å². The first-order valence-corrected chi connectivity index (χ1v) is 7.47. The predicted molar refractivity (Wildman–Crippen MR) is 82.2 cm³/mol. The standard InChI is InChI=1S/C17H23NO3/c19-10-2-4-15-3-1-5-17(13-15)21-12-9-18-8-6-16(14-18)7-11-20/h1,3,5,13,16,19-20H,6-12,14H2. The minimum atomic E-state index is -0.130. The quantitative estimate of drug-likeness (QED) is 0.771. The van der Waals surface area contributed by atoms with Gasteiger partial charge in [-0.25, -0.2) is 0 Å². The van der Waals surface area contributed by atoms with Crippen LogP contribution in [0.1, 0.15) is 18.4 Å². The number of ether oxygens (including phenoxy) is 1. The largest absolute Gasteiger partial charge is 0.492 e. The molecule has 0 amide bonds. The fraction of sp³-hybridized carbons (Fsp3) is 0.529. The highest BCUT2D eigenvalue weighted by Gasteiger charge is 2.21. The molecule has 114 valence electrons. The molecule has 21 heavy (non-hydrogen) atoms.